The molecule has 0 spiro atoms. The van der Waals surface area contributed by atoms with Gasteiger partial charge in [0.05, 0.1) is 16.4 Å². The molecule has 0 amide bonds. The summed E-state index contributed by atoms with van der Waals surface area (Å²) in [7, 11) is -2.92. The van der Waals surface area contributed by atoms with E-state index in [0.29, 0.717) is 0 Å². The predicted molar refractivity (Wildman–Crippen MR) is 217 cm³/mol. The summed E-state index contributed by atoms with van der Waals surface area (Å²) in [5.74, 6) is 1.68. The first-order chi connectivity index (χ1) is 25.3. The summed E-state index contributed by atoms with van der Waals surface area (Å²) >= 11 is 1.86. The highest BCUT2D eigenvalue weighted by Crippen LogP contribution is 2.44. The number of aromatic nitrogens is 3. The predicted octanol–water partition coefficient (Wildman–Crippen LogP) is 8.97. The standard InChI is InChI=1S/C46H29N3SSi/c1-4-16-30(17-5-1)44-47-45(49-37-25-13-10-22-33(37)34-28-29-39-41(43(34)49)35-23-11-14-26-38(35)50-39)42-36-24-12-15-27-40(36)51(46(42)48-44,31-18-6-2-7-19-31)32-20-8-3-9-21-32/h1-29H. The van der Waals surface area contributed by atoms with Gasteiger partial charge in [0.15, 0.2) is 5.82 Å². The summed E-state index contributed by atoms with van der Waals surface area (Å²) < 4.78 is 5.04. The Morgan fingerprint density at radius 3 is 1.88 bits per heavy atom. The second-order valence-electron chi connectivity index (χ2n) is 13.3. The van der Waals surface area contributed by atoms with Crippen molar-refractivity contribution < 1.29 is 0 Å². The van der Waals surface area contributed by atoms with Gasteiger partial charge < -0.3 is 0 Å². The first-order valence-corrected chi connectivity index (χ1v) is 20.2. The van der Waals surface area contributed by atoms with Crippen LogP contribution >= 0.6 is 11.3 Å². The summed E-state index contributed by atoms with van der Waals surface area (Å²) in [5, 5.41) is 10.1. The molecule has 1 aliphatic heterocycles. The molecule has 0 saturated carbocycles. The zero-order valence-electron chi connectivity index (χ0n) is 27.5. The van der Waals surface area contributed by atoms with Crippen LogP contribution in [0, 0.1) is 0 Å². The van der Waals surface area contributed by atoms with E-state index in [-0.39, 0.29) is 0 Å². The number of fused-ring (bicyclic) bond motifs is 10. The largest absolute Gasteiger partial charge is 0.292 e. The molecule has 51 heavy (non-hydrogen) atoms. The summed E-state index contributed by atoms with van der Waals surface area (Å²) in [5.41, 5.74) is 5.69. The molecule has 238 valence electrons. The van der Waals surface area contributed by atoms with Crippen molar-refractivity contribution in [2.75, 3.05) is 0 Å². The van der Waals surface area contributed by atoms with E-state index in [2.05, 4.69) is 180 Å². The van der Waals surface area contributed by atoms with Crippen LogP contribution in [-0.4, -0.2) is 22.6 Å². The number of rotatable bonds is 4. The van der Waals surface area contributed by atoms with Crippen molar-refractivity contribution in [3.8, 4) is 28.3 Å². The van der Waals surface area contributed by atoms with E-state index in [1.165, 1.54) is 57.6 Å². The van der Waals surface area contributed by atoms with Gasteiger partial charge in [-0.1, -0.05) is 158 Å². The van der Waals surface area contributed by atoms with Crippen LogP contribution in [-0.2, 0) is 0 Å². The number of hydrogen-bond acceptors (Lipinski definition) is 3. The monoisotopic (exact) mass is 683 g/mol. The lowest BCUT2D eigenvalue weighted by Gasteiger charge is -2.30. The van der Waals surface area contributed by atoms with Crippen LogP contribution in [0.3, 0.4) is 0 Å². The van der Waals surface area contributed by atoms with Crippen molar-refractivity contribution in [3.63, 3.8) is 0 Å². The lowest BCUT2D eigenvalue weighted by molar-refractivity contribution is 1.06. The molecule has 0 atom stereocenters. The third-order valence-electron chi connectivity index (χ3n) is 10.7. The van der Waals surface area contributed by atoms with Crippen LogP contribution in [0.1, 0.15) is 0 Å². The molecule has 11 rings (SSSR count). The molecule has 0 fully saturated rings. The number of hydrogen-bond donors (Lipinski definition) is 0. The molecule has 10 aromatic rings. The second kappa shape index (κ2) is 10.9. The Labute approximate surface area is 299 Å². The average Bonchev–Trinajstić information content (AvgIpc) is 3.85. The minimum absolute atomic E-state index is 0.745. The SMILES string of the molecule is c1ccc(-c2nc(-n3c4ccccc4c4ccc5sc6ccccc6c5c43)c3c(n2)[Si](c2ccccc2)(c2ccccc2)c2ccccc2-3)cc1. The first-order valence-electron chi connectivity index (χ1n) is 17.3. The van der Waals surface area contributed by atoms with Gasteiger partial charge in [0.1, 0.15) is 5.82 Å². The number of thiophene rings is 1. The van der Waals surface area contributed by atoms with Gasteiger partial charge >= 0.3 is 0 Å². The first kappa shape index (κ1) is 28.7. The Morgan fingerprint density at radius 1 is 0.490 bits per heavy atom. The summed E-state index contributed by atoms with van der Waals surface area (Å²) in [6.07, 6.45) is 0. The van der Waals surface area contributed by atoms with E-state index in [1.807, 2.05) is 11.3 Å². The van der Waals surface area contributed by atoms with Gasteiger partial charge in [-0.2, -0.15) is 0 Å². The van der Waals surface area contributed by atoms with Crippen molar-refractivity contribution >= 4 is 82.3 Å². The van der Waals surface area contributed by atoms with E-state index < -0.39 is 8.07 Å². The van der Waals surface area contributed by atoms with Gasteiger partial charge in [-0.3, -0.25) is 4.57 Å². The molecule has 7 aromatic carbocycles. The molecule has 3 aromatic heterocycles. The summed E-state index contributed by atoms with van der Waals surface area (Å²) in [6, 6.07) is 64.0. The number of para-hydroxylation sites is 1. The van der Waals surface area contributed by atoms with Gasteiger partial charge in [0.25, 0.3) is 0 Å². The average molecular weight is 684 g/mol. The fourth-order valence-corrected chi connectivity index (χ4v) is 14.7. The maximum absolute atomic E-state index is 5.72. The number of benzene rings is 7. The highest BCUT2D eigenvalue weighted by atomic mass is 32.1. The minimum atomic E-state index is -2.92. The molecule has 0 saturated heterocycles. The van der Waals surface area contributed by atoms with Crippen LogP contribution in [0.2, 0.25) is 0 Å². The zero-order chi connectivity index (χ0) is 33.5. The third-order valence-corrected chi connectivity index (χ3v) is 16.5. The molecule has 3 nitrogen and oxygen atoms in total. The lowest BCUT2D eigenvalue weighted by atomic mass is 10.1. The summed E-state index contributed by atoms with van der Waals surface area (Å²) in [6.45, 7) is 0. The van der Waals surface area contributed by atoms with Crippen molar-refractivity contribution in [3.05, 3.63) is 176 Å². The Kier molecular flexibility index (Phi) is 6.14. The molecule has 0 radical (unpaired) electrons. The van der Waals surface area contributed by atoms with Crippen LogP contribution < -0.4 is 20.9 Å². The Morgan fingerprint density at radius 2 is 1.12 bits per heavy atom. The second-order valence-corrected chi connectivity index (χ2v) is 18.0. The maximum atomic E-state index is 5.72. The van der Waals surface area contributed by atoms with Gasteiger partial charge in [0.2, 0.25) is 8.07 Å². The van der Waals surface area contributed by atoms with Gasteiger partial charge in [-0.15, -0.1) is 11.3 Å². The molecule has 4 heterocycles. The van der Waals surface area contributed by atoms with Crippen molar-refractivity contribution in [1.82, 2.24) is 14.5 Å². The Hall–Kier alpha value is -6.14. The Balaban J connectivity index is 1.39. The van der Waals surface area contributed by atoms with Crippen LogP contribution in [0.5, 0.6) is 0 Å². The normalized spacial score (nSPS) is 13.3. The molecule has 5 heteroatoms. The van der Waals surface area contributed by atoms with Crippen molar-refractivity contribution in [2.45, 2.75) is 0 Å². The molecule has 1 aliphatic rings. The molecular weight excluding hydrogens is 655 g/mol. The number of nitrogens with zero attached hydrogens (tertiary/aromatic N) is 3. The zero-order valence-corrected chi connectivity index (χ0v) is 29.3. The molecule has 0 bridgehead atoms. The topological polar surface area (TPSA) is 30.7 Å². The van der Waals surface area contributed by atoms with Gasteiger partial charge in [-0.05, 0) is 39.3 Å². The van der Waals surface area contributed by atoms with Crippen molar-refractivity contribution in [1.29, 1.82) is 0 Å². The van der Waals surface area contributed by atoms with Gasteiger partial charge in [0, 0.05) is 42.1 Å². The van der Waals surface area contributed by atoms with Crippen LogP contribution in [0.25, 0.3) is 70.3 Å². The van der Waals surface area contributed by atoms with Crippen LogP contribution in [0.15, 0.2) is 176 Å². The highest BCUT2D eigenvalue weighted by Gasteiger charge is 2.52. The quantitative estimate of drug-likeness (QED) is 0.174. The fourth-order valence-electron chi connectivity index (χ4n) is 8.61. The fraction of sp³-hybridized carbons (Fsp3) is 0. The van der Waals surface area contributed by atoms with Gasteiger partial charge in [-0.25, -0.2) is 9.97 Å². The van der Waals surface area contributed by atoms with Crippen molar-refractivity contribution in [2.24, 2.45) is 0 Å². The molecule has 0 unspecified atom stereocenters. The minimum Gasteiger partial charge on any atom is -0.292 e. The molecular formula is C46H29N3SSi. The summed E-state index contributed by atoms with van der Waals surface area (Å²) in [4.78, 5) is 11.4. The maximum Gasteiger partial charge on any atom is 0.203 e. The smallest absolute Gasteiger partial charge is 0.203 e. The van der Waals surface area contributed by atoms with Crippen LogP contribution in [0.4, 0.5) is 0 Å². The molecule has 0 N–H and O–H groups in total. The van der Waals surface area contributed by atoms with E-state index in [1.54, 1.807) is 0 Å². The third kappa shape index (κ3) is 3.93. The van der Waals surface area contributed by atoms with E-state index in [4.69, 9.17) is 9.97 Å². The van der Waals surface area contributed by atoms with E-state index in [0.717, 1.165) is 33.6 Å². The van der Waals surface area contributed by atoms with E-state index >= 15 is 0 Å². The Bertz CT molecular complexity index is 2930. The molecule has 0 aliphatic carbocycles. The van der Waals surface area contributed by atoms with E-state index in [9.17, 15) is 0 Å². The lowest BCUT2D eigenvalue weighted by Crippen LogP contribution is -2.73. The highest BCUT2D eigenvalue weighted by molar-refractivity contribution is 7.26.